The molecule has 1 heterocycles. The molecule has 146 valence electrons. The number of aliphatic hydroxyl groups is 1. The standard InChI is InChI=1S/C20H21N3O3S2/c1-13(24)23(16-7-8-16)19-21-22-20(28-19)27-12-17(25)11-26-18-9-6-14-4-2-3-5-15(14)10-18/h2-6,9-10,16-17,25H,7-8,11-12H2,1H3. The third kappa shape index (κ3) is 4.63. The van der Waals surface area contributed by atoms with E-state index in [1.54, 1.807) is 11.8 Å². The number of hydrogen-bond donors (Lipinski definition) is 1. The van der Waals surface area contributed by atoms with Crippen LogP contribution in [0.1, 0.15) is 19.8 Å². The van der Waals surface area contributed by atoms with Crippen molar-refractivity contribution in [2.45, 2.75) is 36.3 Å². The fraction of sp³-hybridized carbons (Fsp3) is 0.350. The number of aromatic nitrogens is 2. The molecule has 0 saturated heterocycles. The Hall–Kier alpha value is -2.16. The molecule has 0 aliphatic heterocycles. The smallest absolute Gasteiger partial charge is 0.225 e. The summed E-state index contributed by atoms with van der Waals surface area (Å²) in [5, 5.41) is 21.4. The zero-order valence-corrected chi connectivity index (χ0v) is 17.1. The van der Waals surface area contributed by atoms with Crippen LogP contribution in [0, 0.1) is 0 Å². The second kappa shape index (κ2) is 8.46. The van der Waals surface area contributed by atoms with Crippen LogP contribution in [0.3, 0.4) is 0 Å². The van der Waals surface area contributed by atoms with Gasteiger partial charge in [-0.2, -0.15) is 0 Å². The van der Waals surface area contributed by atoms with Crippen LogP contribution in [0.4, 0.5) is 5.13 Å². The molecule has 2 aromatic carbocycles. The number of anilines is 1. The minimum Gasteiger partial charge on any atom is -0.491 e. The van der Waals surface area contributed by atoms with Crippen LogP contribution < -0.4 is 9.64 Å². The zero-order chi connectivity index (χ0) is 19.5. The Morgan fingerprint density at radius 3 is 2.82 bits per heavy atom. The lowest BCUT2D eigenvalue weighted by atomic mass is 10.1. The number of aliphatic hydroxyl groups excluding tert-OH is 1. The molecule has 1 fully saturated rings. The van der Waals surface area contributed by atoms with E-state index in [9.17, 15) is 9.90 Å². The maximum Gasteiger partial charge on any atom is 0.225 e. The highest BCUT2D eigenvalue weighted by Crippen LogP contribution is 2.35. The van der Waals surface area contributed by atoms with Gasteiger partial charge in [-0.3, -0.25) is 9.69 Å². The highest BCUT2D eigenvalue weighted by atomic mass is 32.2. The van der Waals surface area contributed by atoms with E-state index in [-0.39, 0.29) is 18.6 Å². The summed E-state index contributed by atoms with van der Waals surface area (Å²) in [6.45, 7) is 1.76. The highest BCUT2D eigenvalue weighted by molar-refractivity contribution is 8.01. The molecular formula is C20H21N3O3S2. The molecule has 3 aromatic rings. The third-order valence-electron chi connectivity index (χ3n) is 4.42. The van der Waals surface area contributed by atoms with Crippen LogP contribution in [-0.4, -0.2) is 45.7 Å². The molecule has 4 rings (SSSR count). The molecule has 1 aliphatic carbocycles. The quantitative estimate of drug-likeness (QED) is 0.446. The van der Waals surface area contributed by atoms with Crippen molar-refractivity contribution in [2.75, 3.05) is 17.3 Å². The number of benzene rings is 2. The average Bonchev–Trinajstić information content (AvgIpc) is 3.41. The summed E-state index contributed by atoms with van der Waals surface area (Å²) >= 11 is 2.81. The Morgan fingerprint density at radius 1 is 1.29 bits per heavy atom. The fourth-order valence-electron chi connectivity index (χ4n) is 2.90. The summed E-state index contributed by atoms with van der Waals surface area (Å²) in [5.41, 5.74) is 0. The van der Waals surface area contributed by atoms with Crippen LogP contribution in [0.2, 0.25) is 0 Å². The summed E-state index contributed by atoms with van der Waals surface area (Å²) in [5.74, 6) is 1.19. The SMILES string of the molecule is CC(=O)N(c1nnc(SCC(O)COc2ccc3ccccc3c2)s1)C1CC1. The Bertz CT molecular complexity index is 974. The molecule has 1 aromatic heterocycles. The predicted molar refractivity (Wildman–Crippen MR) is 112 cm³/mol. The number of fused-ring (bicyclic) bond motifs is 1. The van der Waals surface area contributed by atoms with Gasteiger partial charge in [0.2, 0.25) is 11.0 Å². The molecule has 8 heteroatoms. The second-order valence-electron chi connectivity index (χ2n) is 6.76. The largest absolute Gasteiger partial charge is 0.491 e. The molecular weight excluding hydrogens is 394 g/mol. The lowest BCUT2D eigenvalue weighted by Crippen LogP contribution is -2.30. The first-order valence-corrected chi connectivity index (χ1v) is 11.0. The number of thioether (sulfide) groups is 1. The zero-order valence-electron chi connectivity index (χ0n) is 15.4. The number of nitrogens with zero attached hydrogens (tertiary/aromatic N) is 3. The van der Waals surface area contributed by atoms with Gasteiger partial charge in [-0.25, -0.2) is 0 Å². The van der Waals surface area contributed by atoms with E-state index in [2.05, 4.69) is 16.3 Å². The van der Waals surface area contributed by atoms with Crippen molar-refractivity contribution in [3.8, 4) is 5.75 Å². The summed E-state index contributed by atoms with van der Waals surface area (Å²) in [6, 6.07) is 14.2. The molecule has 0 radical (unpaired) electrons. The van der Waals surface area contributed by atoms with E-state index in [1.807, 2.05) is 36.4 Å². The van der Waals surface area contributed by atoms with Crippen molar-refractivity contribution in [3.05, 3.63) is 42.5 Å². The van der Waals surface area contributed by atoms with Gasteiger partial charge in [-0.05, 0) is 35.7 Å². The van der Waals surface area contributed by atoms with Gasteiger partial charge in [0, 0.05) is 18.7 Å². The van der Waals surface area contributed by atoms with Crippen molar-refractivity contribution in [2.24, 2.45) is 0 Å². The monoisotopic (exact) mass is 415 g/mol. The summed E-state index contributed by atoms with van der Waals surface area (Å²) < 4.78 is 6.47. The first kappa shape index (κ1) is 19.2. The van der Waals surface area contributed by atoms with Gasteiger partial charge in [-0.1, -0.05) is 53.4 Å². The third-order valence-corrected chi connectivity index (χ3v) is 6.62. The molecule has 0 bridgehead atoms. The topological polar surface area (TPSA) is 75.6 Å². The normalized spacial score (nSPS) is 14.8. The predicted octanol–water partition coefficient (Wildman–Crippen LogP) is 3.74. The fourth-order valence-corrected chi connectivity index (χ4v) is 4.79. The lowest BCUT2D eigenvalue weighted by Gasteiger charge is -2.15. The molecule has 1 saturated carbocycles. The molecule has 28 heavy (non-hydrogen) atoms. The van der Waals surface area contributed by atoms with Crippen LogP contribution in [-0.2, 0) is 4.79 Å². The maximum atomic E-state index is 11.8. The van der Waals surface area contributed by atoms with Crippen molar-refractivity contribution >= 4 is 44.9 Å². The molecule has 1 atom stereocenters. The van der Waals surface area contributed by atoms with Crippen molar-refractivity contribution in [1.29, 1.82) is 0 Å². The van der Waals surface area contributed by atoms with Crippen molar-refractivity contribution in [3.63, 3.8) is 0 Å². The number of rotatable bonds is 8. The van der Waals surface area contributed by atoms with Crippen molar-refractivity contribution < 1.29 is 14.6 Å². The van der Waals surface area contributed by atoms with Gasteiger partial charge in [0.1, 0.15) is 12.4 Å². The summed E-state index contributed by atoms with van der Waals surface area (Å²) in [7, 11) is 0. The molecule has 1 unspecified atom stereocenters. The van der Waals surface area contributed by atoms with Gasteiger partial charge in [-0.15, -0.1) is 10.2 Å². The van der Waals surface area contributed by atoms with E-state index in [4.69, 9.17) is 4.74 Å². The average molecular weight is 416 g/mol. The van der Waals surface area contributed by atoms with Gasteiger partial charge < -0.3 is 9.84 Å². The number of carbonyl (C=O) groups is 1. The van der Waals surface area contributed by atoms with Crippen molar-refractivity contribution in [1.82, 2.24) is 10.2 Å². The number of carbonyl (C=O) groups excluding carboxylic acids is 1. The van der Waals surface area contributed by atoms with Gasteiger partial charge in [0.15, 0.2) is 4.34 Å². The van der Waals surface area contributed by atoms with Crippen LogP contribution in [0.15, 0.2) is 46.8 Å². The van der Waals surface area contributed by atoms with Gasteiger partial charge in [0.25, 0.3) is 0 Å². The molecule has 6 nitrogen and oxygen atoms in total. The first-order chi connectivity index (χ1) is 13.6. The number of amides is 1. The second-order valence-corrected chi connectivity index (χ2v) is 8.98. The van der Waals surface area contributed by atoms with E-state index in [0.29, 0.717) is 10.9 Å². The minimum atomic E-state index is -0.629. The Kier molecular flexibility index (Phi) is 5.79. The Labute approximate surface area is 171 Å². The highest BCUT2D eigenvalue weighted by Gasteiger charge is 2.34. The van der Waals surface area contributed by atoms with E-state index in [0.717, 1.165) is 33.7 Å². The number of ether oxygens (including phenoxy) is 1. The minimum absolute atomic E-state index is 0.000908. The summed E-state index contributed by atoms with van der Waals surface area (Å²) in [6.07, 6.45) is 1.41. The van der Waals surface area contributed by atoms with Crippen LogP contribution >= 0.6 is 23.1 Å². The molecule has 0 spiro atoms. The van der Waals surface area contributed by atoms with Crippen LogP contribution in [0.25, 0.3) is 10.8 Å². The van der Waals surface area contributed by atoms with Gasteiger partial charge >= 0.3 is 0 Å². The summed E-state index contributed by atoms with van der Waals surface area (Å²) in [4.78, 5) is 13.5. The van der Waals surface area contributed by atoms with E-state index < -0.39 is 6.10 Å². The Balaban J connectivity index is 1.28. The number of hydrogen-bond acceptors (Lipinski definition) is 7. The molecule has 1 amide bonds. The van der Waals surface area contributed by atoms with Crippen LogP contribution in [0.5, 0.6) is 5.75 Å². The van der Waals surface area contributed by atoms with E-state index in [1.165, 1.54) is 23.1 Å². The maximum absolute atomic E-state index is 11.8. The Morgan fingerprint density at radius 2 is 2.07 bits per heavy atom. The van der Waals surface area contributed by atoms with E-state index >= 15 is 0 Å². The van der Waals surface area contributed by atoms with Gasteiger partial charge in [0.05, 0.1) is 6.10 Å². The molecule has 1 N–H and O–H groups in total. The first-order valence-electron chi connectivity index (χ1n) is 9.16. The lowest BCUT2D eigenvalue weighted by molar-refractivity contribution is -0.116. The molecule has 1 aliphatic rings.